The molecule has 5 heteroatoms. The van der Waals surface area contributed by atoms with Gasteiger partial charge in [0.15, 0.2) is 0 Å². The summed E-state index contributed by atoms with van der Waals surface area (Å²) in [5.41, 5.74) is 6.92. The Balaban J connectivity index is 1.31. The van der Waals surface area contributed by atoms with Crippen molar-refractivity contribution in [1.82, 2.24) is 19.8 Å². The van der Waals surface area contributed by atoms with Crippen LogP contribution in [0.25, 0.3) is 11.3 Å². The van der Waals surface area contributed by atoms with E-state index in [2.05, 4.69) is 52.9 Å². The van der Waals surface area contributed by atoms with Crippen LogP contribution in [0, 0.1) is 0 Å². The number of hydrogen-bond donors (Lipinski definition) is 0. The van der Waals surface area contributed by atoms with Crippen LogP contribution in [0.2, 0.25) is 0 Å². The molecule has 1 atom stereocenters. The molecule has 2 saturated heterocycles. The van der Waals surface area contributed by atoms with Crippen molar-refractivity contribution in [3.05, 3.63) is 41.1 Å². The molecule has 0 N–H and O–H groups in total. The van der Waals surface area contributed by atoms with E-state index in [1.807, 2.05) is 0 Å². The predicted molar refractivity (Wildman–Crippen MR) is 121 cm³/mol. The minimum Gasteiger partial charge on any atom is -0.338 e. The van der Waals surface area contributed by atoms with Gasteiger partial charge in [0.25, 0.3) is 0 Å². The molecule has 5 nitrogen and oxygen atoms in total. The second-order valence-corrected chi connectivity index (χ2v) is 9.88. The second-order valence-electron chi connectivity index (χ2n) is 9.88. The maximum absolute atomic E-state index is 5.09. The number of aromatic nitrogens is 2. The van der Waals surface area contributed by atoms with Crippen LogP contribution in [-0.2, 0) is 18.4 Å². The number of hydrogen-bond acceptors (Lipinski definition) is 5. The Morgan fingerprint density at radius 3 is 2.33 bits per heavy atom. The average Bonchev–Trinajstić information content (AvgIpc) is 3.43. The minimum atomic E-state index is 0.297. The molecular formula is C25H33N5. The Morgan fingerprint density at radius 2 is 1.70 bits per heavy atom. The fraction of sp³-hybridized carbons (Fsp3) is 0.600. The molecule has 2 aliphatic carbocycles. The van der Waals surface area contributed by atoms with Gasteiger partial charge >= 0.3 is 0 Å². The Bertz CT molecular complexity index is 941. The summed E-state index contributed by atoms with van der Waals surface area (Å²) >= 11 is 0. The van der Waals surface area contributed by atoms with Gasteiger partial charge in [0.05, 0.1) is 5.69 Å². The van der Waals surface area contributed by atoms with Gasteiger partial charge in [0.1, 0.15) is 0 Å². The van der Waals surface area contributed by atoms with Crippen molar-refractivity contribution >= 4 is 5.95 Å². The minimum absolute atomic E-state index is 0.297. The highest BCUT2D eigenvalue weighted by Crippen LogP contribution is 2.51. The lowest BCUT2D eigenvalue weighted by Crippen LogP contribution is -2.49. The first-order valence-corrected chi connectivity index (χ1v) is 11.8. The molecule has 2 aliphatic heterocycles. The average molecular weight is 404 g/mol. The predicted octanol–water partition coefficient (Wildman–Crippen LogP) is 3.47. The summed E-state index contributed by atoms with van der Waals surface area (Å²) in [4.78, 5) is 17.6. The molecule has 4 aliphatic rings. The highest BCUT2D eigenvalue weighted by molar-refractivity contribution is 5.67. The van der Waals surface area contributed by atoms with E-state index in [0.717, 1.165) is 25.3 Å². The third-order valence-corrected chi connectivity index (χ3v) is 8.03. The zero-order valence-electron chi connectivity index (χ0n) is 18.4. The topological polar surface area (TPSA) is 35.5 Å². The third-order valence-electron chi connectivity index (χ3n) is 8.03. The molecule has 1 saturated carbocycles. The third kappa shape index (κ3) is 2.97. The van der Waals surface area contributed by atoms with Crippen LogP contribution < -0.4 is 4.90 Å². The van der Waals surface area contributed by atoms with Gasteiger partial charge in [-0.1, -0.05) is 24.3 Å². The number of anilines is 1. The van der Waals surface area contributed by atoms with Crippen molar-refractivity contribution in [2.45, 2.75) is 57.0 Å². The number of piperazine rings is 1. The van der Waals surface area contributed by atoms with Crippen LogP contribution in [0.15, 0.2) is 24.3 Å². The van der Waals surface area contributed by atoms with E-state index in [0.29, 0.717) is 11.6 Å². The first-order chi connectivity index (χ1) is 14.6. The van der Waals surface area contributed by atoms with Gasteiger partial charge in [0.2, 0.25) is 5.95 Å². The lowest BCUT2D eigenvalue weighted by Gasteiger charge is -2.39. The summed E-state index contributed by atoms with van der Waals surface area (Å²) in [6.45, 7) is 8.12. The van der Waals surface area contributed by atoms with Crippen molar-refractivity contribution in [3.8, 4) is 11.3 Å². The monoisotopic (exact) mass is 403 g/mol. The molecule has 2 aromatic rings. The van der Waals surface area contributed by atoms with E-state index in [1.165, 1.54) is 79.9 Å². The molecule has 0 radical (unpaired) electrons. The summed E-state index contributed by atoms with van der Waals surface area (Å²) in [5.74, 6) is 0.949. The van der Waals surface area contributed by atoms with Gasteiger partial charge < -0.3 is 9.80 Å². The van der Waals surface area contributed by atoms with Crippen molar-refractivity contribution < 1.29 is 0 Å². The maximum Gasteiger partial charge on any atom is 0.226 e. The Kier molecular flexibility index (Phi) is 4.40. The van der Waals surface area contributed by atoms with Gasteiger partial charge in [-0.05, 0) is 58.1 Å². The molecule has 1 aromatic carbocycles. The molecule has 6 rings (SSSR count). The molecule has 30 heavy (non-hydrogen) atoms. The number of nitrogens with zero attached hydrogens (tertiary/aromatic N) is 5. The molecule has 3 heterocycles. The summed E-state index contributed by atoms with van der Waals surface area (Å²) in [6, 6.07) is 10.00. The Morgan fingerprint density at radius 1 is 0.933 bits per heavy atom. The SMILES string of the molecule is C[C@H]1CCN1c1nc2c(c(-c3ccc(C4(N5CCN(C)CC5)CC4)cc3)n1)CCC2. The quantitative estimate of drug-likeness (QED) is 0.781. The maximum atomic E-state index is 5.09. The lowest BCUT2D eigenvalue weighted by molar-refractivity contribution is 0.0976. The Hall–Kier alpha value is -1.98. The van der Waals surface area contributed by atoms with Crippen molar-refractivity contribution in [3.63, 3.8) is 0 Å². The summed E-state index contributed by atoms with van der Waals surface area (Å²) < 4.78 is 0. The number of aryl methyl sites for hydroxylation is 1. The molecule has 3 fully saturated rings. The van der Waals surface area contributed by atoms with Crippen LogP contribution in [0.5, 0.6) is 0 Å². The molecule has 0 bridgehead atoms. The van der Waals surface area contributed by atoms with Crippen LogP contribution in [0.3, 0.4) is 0 Å². The van der Waals surface area contributed by atoms with E-state index in [-0.39, 0.29) is 0 Å². The first kappa shape index (κ1) is 18.8. The highest BCUT2D eigenvalue weighted by atomic mass is 15.3. The summed E-state index contributed by atoms with van der Waals surface area (Å²) in [5, 5.41) is 0. The largest absolute Gasteiger partial charge is 0.338 e. The number of benzene rings is 1. The second kappa shape index (κ2) is 7.03. The highest BCUT2D eigenvalue weighted by Gasteiger charge is 2.49. The van der Waals surface area contributed by atoms with Gasteiger partial charge in [0, 0.05) is 61.1 Å². The molecule has 0 spiro atoms. The molecule has 1 aromatic heterocycles. The van der Waals surface area contributed by atoms with Gasteiger partial charge in [-0.15, -0.1) is 0 Å². The van der Waals surface area contributed by atoms with Crippen molar-refractivity contribution in [2.75, 3.05) is 44.7 Å². The van der Waals surface area contributed by atoms with Crippen LogP contribution >= 0.6 is 0 Å². The molecular weight excluding hydrogens is 370 g/mol. The van der Waals surface area contributed by atoms with E-state index in [4.69, 9.17) is 9.97 Å². The molecule has 0 unspecified atom stereocenters. The smallest absolute Gasteiger partial charge is 0.226 e. The van der Waals surface area contributed by atoms with E-state index in [1.54, 1.807) is 0 Å². The fourth-order valence-corrected chi connectivity index (χ4v) is 5.68. The zero-order chi connectivity index (χ0) is 20.3. The summed E-state index contributed by atoms with van der Waals surface area (Å²) in [7, 11) is 2.24. The van der Waals surface area contributed by atoms with Gasteiger partial charge in [-0.3, -0.25) is 4.90 Å². The van der Waals surface area contributed by atoms with Gasteiger partial charge in [-0.2, -0.15) is 0 Å². The van der Waals surface area contributed by atoms with Crippen molar-refractivity contribution in [2.24, 2.45) is 0 Å². The first-order valence-electron chi connectivity index (χ1n) is 11.8. The number of fused-ring (bicyclic) bond motifs is 1. The fourth-order valence-electron chi connectivity index (χ4n) is 5.68. The number of rotatable bonds is 4. The van der Waals surface area contributed by atoms with E-state index < -0.39 is 0 Å². The van der Waals surface area contributed by atoms with Crippen LogP contribution in [-0.4, -0.2) is 65.6 Å². The van der Waals surface area contributed by atoms with E-state index in [9.17, 15) is 0 Å². The molecule has 0 amide bonds. The standard InChI is InChI=1S/C25H33N5/c1-18-10-13-30(18)24-26-22-5-3-4-21(22)23(27-24)19-6-8-20(9-7-19)25(11-12-25)29-16-14-28(2)15-17-29/h6-9,18H,3-5,10-17H2,1-2H3/t18-/m0/s1. The van der Waals surface area contributed by atoms with Crippen LogP contribution in [0.1, 0.15) is 49.4 Å². The Labute approximate surface area is 180 Å². The normalized spacial score (nSPS) is 25.8. The van der Waals surface area contributed by atoms with Crippen molar-refractivity contribution in [1.29, 1.82) is 0 Å². The van der Waals surface area contributed by atoms with E-state index >= 15 is 0 Å². The lowest BCUT2D eigenvalue weighted by atomic mass is 9.98. The van der Waals surface area contributed by atoms with Crippen LogP contribution in [0.4, 0.5) is 5.95 Å². The number of likely N-dealkylation sites (N-methyl/N-ethyl adjacent to an activating group) is 1. The zero-order valence-corrected chi connectivity index (χ0v) is 18.4. The molecule has 158 valence electrons. The summed E-state index contributed by atoms with van der Waals surface area (Å²) in [6.07, 6.45) is 7.28. The van der Waals surface area contributed by atoms with Gasteiger partial charge in [-0.25, -0.2) is 9.97 Å².